The summed E-state index contributed by atoms with van der Waals surface area (Å²) in [4.78, 5) is 44.9. The highest BCUT2D eigenvalue weighted by molar-refractivity contribution is 6.30. The first-order chi connectivity index (χ1) is 20.4. The number of ether oxygens (including phenoxy) is 1. The van der Waals surface area contributed by atoms with Gasteiger partial charge in [-0.1, -0.05) is 67.3 Å². The number of halogens is 1. The van der Waals surface area contributed by atoms with Crippen molar-refractivity contribution in [1.82, 2.24) is 20.4 Å². The largest absolute Gasteiger partial charge is 0.468 e. The molecule has 2 heterocycles. The topological polar surface area (TPSA) is 91.0 Å². The zero-order chi connectivity index (χ0) is 29.6. The minimum Gasteiger partial charge on any atom is -0.468 e. The number of amides is 2. The van der Waals surface area contributed by atoms with Crippen LogP contribution in [0.4, 0.5) is 0 Å². The fraction of sp³-hybridized carbons (Fsp3) is 0.545. The molecular weight excluding hydrogens is 552 g/mol. The maximum atomic E-state index is 14.3. The normalized spacial score (nSPS) is 23.5. The van der Waals surface area contributed by atoms with Gasteiger partial charge in [-0.05, 0) is 61.4 Å². The molecule has 5 rings (SSSR count). The van der Waals surface area contributed by atoms with Crippen LogP contribution < -0.4 is 10.6 Å². The number of rotatable bonds is 9. The van der Waals surface area contributed by atoms with E-state index in [4.69, 9.17) is 16.3 Å². The Morgan fingerprint density at radius 3 is 2.48 bits per heavy atom. The second-order valence-electron chi connectivity index (χ2n) is 11.8. The Morgan fingerprint density at radius 1 is 1.07 bits per heavy atom. The van der Waals surface area contributed by atoms with Gasteiger partial charge in [-0.2, -0.15) is 0 Å². The van der Waals surface area contributed by atoms with Crippen molar-refractivity contribution < 1.29 is 19.1 Å². The Hall–Kier alpha value is -2.94. The molecule has 1 saturated heterocycles. The summed E-state index contributed by atoms with van der Waals surface area (Å²) < 4.78 is 5.20. The predicted molar refractivity (Wildman–Crippen MR) is 163 cm³/mol. The van der Waals surface area contributed by atoms with E-state index >= 15 is 0 Å². The van der Waals surface area contributed by atoms with E-state index < -0.39 is 12.1 Å². The van der Waals surface area contributed by atoms with Crippen LogP contribution >= 0.6 is 11.6 Å². The summed E-state index contributed by atoms with van der Waals surface area (Å²) in [5.41, 5.74) is 3.25. The number of likely N-dealkylation sites (N-methyl/N-ethyl adjacent to an activating group) is 1. The van der Waals surface area contributed by atoms with Crippen LogP contribution in [-0.2, 0) is 38.5 Å². The number of benzene rings is 2. The number of hydrogen-bond acceptors (Lipinski definition) is 6. The highest BCUT2D eigenvalue weighted by Gasteiger charge is 2.45. The molecule has 3 aliphatic rings. The molecule has 2 aliphatic heterocycles. The lowest BCUT2D eigenvalue weighted by atomic mass is 9.94. The molecule has 0 spiro atoms. The van der Waals surface area contributed by atoms with Crippen molar-refractivity contribution >= 4 is 29.4 Å². The van der Waals surface area contributed by atoms with Gasteiger partial charge in [-0.15, -0.1) is 0 Å². The molecule has 2 N–H and O–H groups in total. The zero-order valence-electron chi connectivity index (χ0n) is 24.7. The van der Waals surface area contributed by atoms with Crippen molar-refractivity contribution in [2.75, 3.05) is 20.2 Å². The van der Waals surface area contributed by atoms with Gasteiger partial charge in [0, 0.05) is 43.2 Å². The van der Waals surface area contributed by atoms with E-state index in [0.717, 1.165) is 36.8 Å². The van der Waals surface area contributed by atoms with Crippen LogP contribution in [0.15, 0.2) is 48.5 Å². The Kier molecular flexibility index (Phi) is 10.2. The van der Waals surface area contributed by atoms with E-state index in [1.54, 1.807) is 12.1 Å². The molecule has 8 nitrogen and oxygen atoms in total. The molecule has 2 fully saturated rings. The standard InChI is InChI=1S/C33H43ClN4O4/c1-3-37(27-19-30(33(41)42-2)38(21-27)26-11-5-4-6-12-26)32(40)29(17-22-13-15-25(34)16-14-22)36-31(39)28-18-23-9-7-8-10-24(23)20-35-28/h7-10,13-16,26-30,35H,3-6,11-12,17-21H2,1-2H3,(H,36,39)/t27-,28+,29+,30-/m0/s1. The van der Waals surface area contributed by atoms with Gasteiger partial charge in [0.05, 0.1) is 13.2 Å². The smallest absolute Gasteiger partial charge is 0.323 e. The van der Waals surface area contributed by atoms with E-state index in [1.165, 1.54) is 19.1 Å². The Labute approximate surface area is 254 Å². The number of nitrogens with zero attached hydrogens (tertiary/aromatic N) is 2. The third kappa shape index (κ3) is 6.99. The Bertz CT molecular complexity index is 1250. The minimum absolute atomic E-state index is 0.129. The van der Waals surface area contributed by atoms with Crippen LogP contribution in [0.1, 0.15) is 62.1 Å². The van der Waals surface area contributed by atoms with Crippen molar-refractivity contribution in [3.8, 4) is 0 Å². The Morgan fingerprint density at radius 2 is 1.79 bits per heavy atom. The number of hydrogen-bond donors (Lipinski definition) is 2. The van der Waals surface area contributed by atoms with Crippen LogP contribution in [-0.4, -0.2) is 78.0 Å². The minimum atomic E-state index is -0.752. The molecule has 4 atom stereocenters. The van der Waals surface area contributed by atoms with Crippen LogP contribution in [0.2, 0.25) is 5.02 Å². The summed E-state index contributed by atoms with van der Waals surface area (Å²) >= 11 is 6.13. The summed E-state index contributed by atoms with van der Waals surface area (Å²) in [7, 11) is 1.44. The highest BCUT2D eigenvalue weighted by atomic mass is 35.5. The van der Waals surface area contributed by atoms with Crippen LogP contribution in [0, 0.1) is 0 Å². The molecule has 0 aromatic heterocycles. The second kappa shape index (κ2) is 14.0. The number of likely N-dealkylation sites (tertiary alicyclic amines) is 1. The van der Waals surface area contributed by atoms with Crippen LogP contribution in [0.5, 0.6) is 0 Å². The van der Waals surface area contributed by atoms with Gasteiger partial charge in [0.25, 0.3) is 0 Å². The molecule has 2 aromatic rings. The number of nitrogens with one attached hydrogen (secondary N) is 2. The number of carbonyl (C=O) groups excluding carboxylic acids is 3. The molecule has 2 amide bonds. The molecule has 1 aliphatic carbocycles. The average molecular weight is 595 g/mol. The van der Waals surface area contributed by atoms with Crippen molar-refractivity contribution in [3.05, 3.63) is 70.2 Å². The van der Waals surface area contributed by atoms with E-state index in [1.807, 2.05) is 36.1 Å². The van der Waals surface area contributed by atoms with Crippen molar-refractivity contribution in [2.45, 2.75) is 95.0 Å². The first-order valence-electron chi connectivity index (χ1n) is 15.4. The average Bonchev–Trinajstić information content (AvgIpc) is 3.47. The molecular formula is C33H43ClN4O4. The van der Waals surface area contributed by atoms with Gasteiger partial charge in [0.15, 0.2) is 0 Å². The maximum absolute atomic E-state index is 14.3. The third-order valence-corrected chi connectivity index (χ3v) is 9.52. The highest BCUT2D eigenvalue weighted by Crippen LogP contribution is 2.32. The second-order valence-corrected chi connectivity index (χ2v) is 12.3. The van der Waals surface area contributed by atoms with Gasteiger partial charge >= 0.3 is 5.97 Å². The third-order valence-electron chi connectivity index (χ3n) is 9.26. The molecule has 1 saturated carbocycles. The van der Waals surface area contributed by atoms with E-state index in [9.17, 15) is 14.4 Å². The van der Waals surface area contributed by atoms with Crippen LogP contribution in [0.3, 0.4) is 0 Å². The lowest BCUT2D eigenvalue weighted by Crippen LogP contribution is -2.57. The van der Waals surface area contributed by atoms with Crippen molar-refractivity contribution in [2.24, 2.45) is 0 Å². The summed E-state index contributed by atoms with van der Waals surface area (Å²) in [6.45, 7) is 3.69. The molecule has 0 radical (unpaired) electrons. The number of fused-ring (bicyclic) bond motifs is 1. The molecule has 0 bridgehead atoms. The molecule has 9 heteroatoms. The number of methoxy groups -OCH3 is 1. The van der Waals surface area contributed by atoms with E-state index in [-0.39, 0.29) is 29.9 Å². The first-order valence-corrected chi connectivity index (χ1v) is 15.7. The SMILES string of the molecule is CCN(C(=O)[C@@H](Cc1ccc(Cl)cc1)NC(=O)[C@H]1Cc2ccccc2CN1)[C@H]1C[C@@H](C(=O)OC)N(C2CCCCC2)C1. The summed E-state index contributed by atoms with van der Waals surface area (Å²) in [6.07, 6.45) is 7.12. The summed E-state index contributed by atoms with van der Waals surface area (Å²) in [5.74, 6) is -0.548. The van der Waals surface area contributed by atoms with E-state index in [2.05, 4.69) is 27.7 Å². The summed E-state index contributed by atoms with van der Waals surface area (Å²) in [6, 6.07) is 14.2. The Balaban J connectivity index is 1.35. The summed E-state index contributed by atoms with van der Waals surface area (Å²) in [5, 5.41) is 7.07. The quantitative estimate of drug-likeness (QED) is 0.428. The van der Waals surface area contributed by atoms with Gasteiger partial charge in [0.2, 0.25) is 11.8 Å². The molecule has 0 unspecified atom stereocenters. The predicted octanol–water partition coefficient (Wildman–Crippen LogP) is 3.88. The van der Waals surface area contributed by atoms with Gasteiger partial charge in [0.1, 0.15) is 12.1 Å². The monoisotopic (exact) mass is 594 g/mol. The van der Waals surface area contributed by atoms with Crippen LogP contribution in [0.25, 0.3) is 0 Å². The lowest BCUT2D eigenvalue weighted by molar-refractivity contribution is -0.147. The number of carbonyl (C=O) groups is 3. The molecule has 42 heavy (non-hydrogen) atoms. The van der Waals surface area contributed by atoms with Gasteiger partial charge < -0.3 is 20.3 Å². The fourth-order valence-electron chi connectivity index (χ4n) is 7.01. The van der Waals surface area contributed by atoms with Crippen molar-refractivity contribution in [1.29, 1.82) is 0 Å². The molecule has 226 valence electrons. The van der Waals surface area contributed by atoms with Crippen molar-refractivity contribution in [3.63, 3.8) is 0 Å². The van der Waals surface area contributed by atoms with Gasteiger partial charge in [-0.3, -0.25) is 19.3 Å². The molecule has 2 aromatic carbocycles. The number of esters is 1. The van der Waals surface area contributed by atoms with E-state index in [0.29, 0.717) is 50.0 Å². The van der Waals surface area contributed by atoms with Gasteiger partial charge in [-0.25, -0.2) is 0 Å². The lowest BCUT2D eigenvalue weighted by Gasteiger charge is -2.35. The maximum Gasteiger partial charge on any atom is 0.323 e. The first kappa shape index (κ1) is 30.5. The fourth-order valence-corrected chi connectivity index (χ4v) is 7.14. The zero-order valence-corrected chi connectivity index (χ0v) is 25.4.